The minimum absolute atomic E-state index is 0.0660. The summed E-state index contributed by atoms with van der Waals surface area (Å²) in [4.78, 5) is 38.8. The van der Waals surface area contributed by atoms with Crippen molar-refractivity contribution in [2.75, 3.05) is 5.32 Å². The largest absolute Gasteiger partial charge is 0.480 e. The highest BCUT2D eigenvalue weighted by Crippen LogP contribution is 2.30. The zero-order valence-electron chi connectivity index (χ0n) is 16.4. The van der Waals surface area contributed by atoms with Crippen LogP contribution in [0.3, 0.4) is 0 Å². The number of rotatable bonds is 7. The fraction of sp³-hybridized carbons (Fsp3) is 0.130. The Bertz CT molecular complexity index is 1360. The molecule has 0 saturated carbocycles. The average molecular weight is 437 g/mol. The number of ether oxygens (including phenoxy) is 1. The number of anilines is 1. The number of nitrogens with zero attached hydrogens (tertiary/aromatic N) is 1. The van der Waals surface area contributed by atoms with Gasteiger partial charge in [-0.1, -0.05) is 41.9 Å². The molecule has 1 unspecified atom stereocenters. The number of benzene rings is 2. The third-order valence-corrected chi connectivity index (χ3v) is 5.21. The van der Waals surface area contributed by atoms with E-state index in [0.717, 1.165) is 10.8 Å². The molecule has 0 aliphatic rings. The highest BCUT2D eigenvalue weighted by atomic mass is 35.5. The predicted molar refractivity (Wildman–Crippen MR) is 118 cm³/mol. The number of hydrogen-bond donors (Lipinski definition) is 2. The van der Waals surface area contributed by atoms with E-state index in [1.807, 2.05) is 24.3 Å². The maximum Gasteiger partial charge on any atom is 0.326 e. The van der Waals surface area contributed by atoms with E-state index in [1.54, 1.807) is 30.3 Å². The molecule has 1 atom stereocenters. The lowest BCUT2D eigenvalue weighted by Crippen LogP contribution is -2.42. The Labute approximate surface area is 181 Å². The van der Waals surface area contributed by atoms with Gasteiger partial charge in [-0.3, -0.25) is 9.59 Å². The van der Waals surface area contributed by atoms with Crippen molar-refractivity contribution in [2.45, 2.75) is 19.4 Å². The number of nitrogens with one attached hydrogen (secondary N) is 1. The number of fused-ring (bicyclic) bond motifs is 1. The molecule has 0 fully saturated rings. The second-order valence-corrected chi connectivity index (χ2v) is 7.50. The van der Waals surface area contributed by atoms with Gasteiger partial charge in [0.2, 0.25) is 16.7 Å². The normalized spacial score (nSPS) is 12.1. The summed E-state index contributed by atoms with van der Waals surface area (Å²) in [5, 5.41) is 14.2. The molecule has 0 aliphatic heterocycles. The summed E-state index contributed by atoms with van der Waals surface area (Å²) in [5.74, 6) is -0.235. The SMILES string of the molecule is Cc1c(NC(Cc2ccc(Oc3nc(Cl)cc4ccccc34)cc2)C(=O)O)c(=O)c1=O. The third kappa shape index (κ3) is 4.13. The zero-order valence-corrected chi connectivity index (χ0v) is 17.1. The maximum atomic E-state index is 11.6. The lowest BCUT2D eigenvalue weighted by atomic mass is 10.0. The summed E-state index contributed by atoms with van der Waals surface area (Å²) in [6, 6.07) is 15.1. The number of carbonyl (C=O) groups is 1. The highest BCUT2D eigenvalue weighted by Gasteiger charge is 2.24. The first-order chi connectivity index (χ1) is 14.8. The van der Waals surface area contributed by atoms with E-state index in [0.29, 0.717) is 22.3 Å². The van der Waals surface area contributed by atoms with Gasteiger partial charge in [-0.2, -0.15) is 0 Å². The number of aliphatic carboxylic acids is 1. The number of carboxylic acid groups (broad SMARTS) is 1. The van der Waals surface area contributed by atoms with Crippen molar-refractivity contribution in [3.63, 3.8) is 0 Å². The van der Waals surface area contributed by atoms with E-state index in [4.69, 9.17) is 16.3 Å². The van der Waals surface area contributed by atoms with E-state index in [-0.39, 0.29) is 17.7 Å². The Kier molecular flexibility index (Phi) is 5.44. The lowest BCUT2D eigenvalue weighted by molar-refractivity contribution is -0.137. The van der Waals surface area contributed by atoms with Crippen molar-refractivity contribution in [3.05, 3.63) is 91.3 Å². The van der Waals surface area contributed by atoms with Gasteiger partial charge in [-0.25, -0.2) is 9.78 Å². The molecule has 1 aromatic heterocycles. The van der Waals surface area contributed by atoms with E-state index in [9.17, 15) is 19.5 Å². The van der Waals surface area contributed by atoms with E-state index >= 15 is 0 Å². The minimum atomic E-state index is -1.12. The van der Waals surface area contributed by atoms with Crippen LogP contribution in [0.4, 0.5) is 5.69 Å². The van der Waals surface area contributed by atoms with Crippen molar-refractivity contribution in [1.29, 1.82) is 0 Å². The molecule has 0 saturated heterocycles. The fourth-order valence-electron chi connectivity index (χ4n) is 3.31. The summed E-state index contributed by atoms with van der Waals surface area (Å²) in [5.41, 5.74) is -0.242. The van der Waals surface area contributed by atoms with Crippen molar-refractivity contribution >= 4 is 34.0 Å². The molecule has 0 radical (unpaired) electrons. The van der Waals surface area contributed by atoms with Crippen LogP contribution in [0.25, 0.3) is 10.8 Å². The van der Waals surface area contributed by atoms with Gasteiger partial charge in [0.15, 0.2) is 0 Å². The average Bonchev–Trinajstić information content (AvgIpc) is 2.76. The molecule has 4 aromatic rings. The van der Waals surface area contributed by atoms with Gasteiger partial charge in [0.25, 0.3) is 0 Å². The van der Waals surface area contributed by atoms with E-state index < -0.39 is 22.9 Å². The smallest absolute Gasteiger partial charge is 0.326 e. The predicted octanol–water partition coefficient (Wildman–Crippen LogP) is 3.69. The summed E-state index contributed by atoms with van der Waals surface area (Å²) in [7, 11) is 0. The van der Waals surface area contributed by atoms with Crippen LogP contribution in [0.15, 0.2) is 64.2 Å². The second kappa shape index (κ2) is 8.20. The first-order valence-electron chi connectivity index (χ1n) is 9.45. The van der Waals surface area contributed by atoms with Gasteiger partial charge in [0, 0.05) is 17.4 Å². The highest BCUT2D eigenvalue weighted by molar-refractivity contribution is 6.30. The molecular weight excluding hydrogens is 420 g/mol. The van der Waals surface area contributed by atoms with Crippen LogP contribution >= 0.6 is 11.6 Å². The van der Waals surface area contributed by atoms with Crippen LogP contribution in [0.5, 0.6) is 11.6 Å². The van der Waals surface area contributed by atoms with Gasteiger partial charge >= 0.3 is 5.97 Å². The van der Waals surface area contributed by atoms with Gasteiger partial charge in [0.05, 0.1) is 5.69 Å². The molecular formula is C23H17ClN2O5. The molecule has 4 rings (SSSR count). The molecule has 1 heterocycles. The summed E-state index contributed by atoms with van der Waals surface area (Å²) >= 11 is 6.09. The van der Waals surface area contributed by atoms with Crippen LogP contribution in [0.1, 0.15) is 11.1 Å². The maximum absolute atomic E-state index is 11.6. The number of pyridine rings is 1. The zero-order chi connectivity index (χ0) is 22.1. The van der Waals surface area contributed by atoms with Gasteiger partial charge in [0.1, 0.15) is 16.9 Å². The third-order valence-electron chi connectivity index (χ3n) is 5.02. The molecule has 3 aromatic carbocycles. The quantitative estimate of drug-likeness (QED) is 0.336. The van der Waals surface area contributed by atoms with Crippen molar-refractivity contribution in [2.24, 2.45) is 0 Å². The summed E-state index contributed by atoms with van der Waals surface area (Å²) < 4.78 is 5.89. The van der Waals surface area contributed by atoms with Crippen molar-refractivity contribution < 1.29 is 14.6 Å². The standard InChI is InChI=1S/C23H17ClN2O5/c1-12-19(21(28)20(12)27)25-17(23(29)30)10-13-6-8-15(9-7-13)31-22-16-5-3-2-4-14(16)11-18(24)26-22/h2-9,11,17,25H,10H2,1H3,(H,29,30). The second-order valence-electron chi connectivity index (χ2n) is 7.11. The summed E-state index contributed by atoms with van der Waals surface area (Å²) in [6.45, 7) is 1.49. The number of aromatic nitrogens is 1. The first kappa shape index (κ1) is 20.6. The molecule has 8 heteroatoms. The van der Waals surface area contributed by atoms with Crippen LogP contribution in [0.2, 0.25) is 5.15 Å². The number of halogens is 1. The topological polar surface area (TPSA) is 106 Å². The van der Waals surface area contributed by atoms with Crippen molar-refractivity contribution in [3.8, 4) is 11.6 Å². The van der Waals surface area contributed by atoms with Gasteiger partial charge in [-0.15, -0.1) is 0 Å². The van der Waals surface area contributed by atoms with Crippen molar-refractivity contribution in [1.82, 2.24) is 4.98 Å². The molecule has 31 heavy (non-hydrogen) atoms. The Morgan fingerprint density at radius 3 is 2.52 bits per heavy atom. The fourth-order valence-corrected chi connectivity index (χ4v) is 3.50. The lowest BCUT2D eigenvalue weighted by Gasteiger charge is -2.18. The Hall–Kier alpha value is -3.71. The molecule has 7 nitrogen and oxygen atoms in total. The Balaban J connectivity index is 1.51. The van der Waals surface area contributed by atoms with Crippen LogP contribution in [0, 0.1) is 6.92 Å². The molecule has 156 valence electrons. The molecule has 0 aliphatic carbocycles. The van der Waals surface area contributed by atoms with Crippen LogP contribution < -0.4 is 20.9 Å². The van der Waals surface area contributed by atoms with E-state index in [1.165, 1.54) is 6.92 Å². The van der Waals surface area contributed by atoms with E-state index in [2.05, 4.69) is 10.3 Å². The first-order valence-corrected chi connectivity index (χ1v) is 9.82. The van der Waals surface area contributed by atoms with Crippen LogP contribution in [-0.2, 0) is 11.2 Å². The van der Waals surface area contributed by atoms with Gasteiger partial charge in [-0.05, 0) is 42.1 Å². The Morgan fingerprint density at radius 2 is 1.84 bits per heavy atom. The van der Waals surface area contributed by atoms with Gasteiger partial charge < -0.3 is 15.2 Å². The molecule has 2 N–H and O–H groups in total. The molecule has 0 bridgehead atoms. The minimum Gasteiger partial charge on any atom is -0.480 e. The van der Waals surface area contributed by atoms with Crippen LogP contribution in [-0.4, -0.2) is 22.1 Å². The number of hydrogen-bond acceptors (Lipinski definition) is 6. The molecule has 0 spiro atoms. The molecule has 0 amide bonds. The summed E-state index contributed by atoms with van der Waals surface area (Å²) in [6.07, 6.45) is 0.117. The Morgan fingerprint density at radius 1 is 1.13 bits per heavy atom. The monoisotopic (exact) mass is 436 g/mol. The number of carboxylic acids is 1.